The average molecular weight is 436 g/mol. The second-order valence-electron chi connectivity index (χ2n) is 7.46. The molecule has 0 spiro atoms. The van der Waals surface area contributed by atoms with Crippen molar-refractivity contribution in [2.45, 2.75) is 33.6 Å². The van der Waals surface area contributed by atoms with Crippen LogP contribution in [0.2, 0.25) is 20.5 Å². The fourth-order valence-corrected chi connectivity index (χ4v) is 3.19. The predicted octanol–water partition coefficient (Wildman–Crippen LogP) is 0.180. The number of hydrogen-bond donors (Lipinski definition) is 4. The van der Waals surface area contributed by atoms with Crippen LogP contribution >= 0.6 is 0 Å². The van der Waals surface area contributed by atoms with Crippen molar-refractivity contribution in [3.63, 3.8) is 0 Å². The van der Waals surface area contributed by atoms with Gasteiger partial charge in [0, 0.05) is 12.2 Å². The number of nitrogens with zero attached hydrogens (tertiary/aromatic N) is 3. The molecule has 0 aliphatic rings. The van der Waals surface area contributed by atoms with E-state index in [2.05, 4.69) is 4.90 Å². The fraction of sp³-hybridized carbons (Fsp3) is 0.263. The first kappa shape index (κ1) is 25.4. The minimum Gasteiger partial charge on any atom is -0.489 e. The van der Waals surface area contributed by atoms with Gasteiger partial charge in [-0.3, -0.25) is 4.90 Å². The van der Waals surface area contributed by atoms with Crippen molar-refractivity contribution in [2.24, 2.45) is 4.90 Å². The summed E-state index contributed by atoms with van der Waals surface area (Å²) in [5, 5.41) is 30.0. The molecule has 32 heavy (non-hydrogen) atoms. The fourth-order valence-electron chi connectivity index (χ4n) is 3.19. The molecule has 0 unspecified atom stereocenters. The first-order valence-electron chi connectivity index (χ1n) is 10.4. The molecule has 0 heterocycles. The third-order valence-electron chi connectivity index (χ3n) is 4.57. The van der Waals surface area contributed by atoms with Crippen LogP contribution in [-0.4, -0.2) is 65.3 Å². The van der Waals surface area contributed by atoms with Crippen LogP contribution in [0.25, 0.3) is 0 Å². The van der Waals surface area contributed by atoms with E-state index in [1.54, 1.807) is 4.81 Å². The van der Waals surface area contributed by atoms with Crippen LogP contribution in [0, 0.1) is 0 Å². The quantitative estimate of drug-likeness (QED) is 0.137. The van der Waals surface area contributed by atoms with Gasteiger partial charge < -0.3 is 39.9 Å². The summed E-state index contributed by atoms with van der Waals surface area (Å²) in [5.41, 5.74) is 8.27. The molecule has 0 bridgehead atoms. The summed E-state index contributed by atoms with van der Waals surface area (Å²) in [6, 6.07) is 14.8. The van der Waals surface area contributed by atoms with Crippen molar-refractivity contribution < 1.29 is 24.6 Å². The van der Waals surface area contributed by atoms with E-state index in [1.807, 2.05) is 48.5 Å². The molecule has 0 atom stereocenters. The van der Waals surface area contributed by atoms with Crippen LogP contribution in [0.3, 0.4) is 0 Å². The molecule has 13 heteroatoms. The van der Waals surface area contributed by atoms with Crippen LogP contribution in [-0.2, 0) is 17.9 Å². The Morgan fingerprint density at radius 2 is 1.75 bits per heavy atom. The summed E-state index contributed by atoms with van der Waals surface area (Å²) in [5.74, 6) is 0.782. The van der Waals surface area contributed by atoms with Crippen molar-refractivity contribution in [1.29, 1.82) is 0 Å². The number of carbonyl (C=O) groups is 1. The zero-order chi connectivity index (χ0) is 23.7. The maximum absolute atomic E-state index is 11.3. The number of benzene rings is 2. The number of nitrogen functional groups attached to an aromatic ring is 1. The highest BCUT2D eigenvalue weighted by atomic mass is 16.5. The zero-order valence-corrected chi connectivity index (χ0v) is 18.6. The first-order chi connectivity index (χ1) is 15.2. The Hall–Kier alpha value is -2.88. The summed E-state index contributed by atoms with van der Waals surface area (Å²) in [6.45, 7) is 5.03. The first-order valence-corrected chi connectivity index (χ1v) is 10.4. The normalized spacial score (nSPS) is 10.9. The summed E-state index contributed by atoms with van der Waals surface area (Å²) >= 11 is 0. The van der Waals surface area contributed by atoms with Crippen molar-refractivity contribution in [2.75, 3.05) is 5.73 Å². The van der Waals surface area contributed by atoms with Gasteiger partial charge in [0.1, 0.15) is 18.5 Å². The third kappa shape index (κ3) is 7.67. The molecule has 2 aromatic carbocycles. The molecule has 2 aromatic rings. The monoisotopic (exact) mass is 436 g/mol. The van der Waals surface area contributed by atoms with Crippen molar-refractivity contribution >= 4 is 46.4 Å². The van der Waals surface area contributed by atoms with E-state index in [1.165, 1.54) is 25.2 Å². The number of ether oxygens (including phenoxy) is 1. The lowest BCUT2D eigenvalue weighted by Crippen LogP contribution is -2.57. The van der Waals surface area contributed by atoms with Crippen LogP contribution < -0.4 is 10.5 Å². The molecule has 0 amide bonds. The summed E-state index contributed by atoms with van der Waals surface area (Å²) in [6.07, 6.45) is 0.697. The zero-order valence-electron chi connectivity index (χ0n) is 18.6. The minimum atomic E-state index is -1.10. The van der Waals surface area contributed by atoms with Crippen LogP contribution in [0.4, 0.5) is 5.69 Å². The van der Waals surface area contributed by atoms with Gasteiger partial charge in [0.2, 0.25) is 0 Å². The molecule has 0 saturated heterocycles. The summed E-state index contributed by atoms with van der Waals surface area (Å²) in [4.78, 5) is 17.0. The van der Waals surface area contributed by atoms with Crippen LogP contribution in [0.15, 0.2) is 53.4 Å². The smallest absolute Gasteiger partial charge is 0.431 e. The molecule has 0 saturated carbocycles. The second kappa shape index (κ2) is 12.2. The SMILES string of the molecule is CB(O)/N=C(/N(BC=O)Cc1ccc(OCc2cccc(N)c2)cc1)N(B(C)O)B(C)O. The summed E-state index contributed by atoms with van der Waals surface area (Å²) < 4.78 is 7.02. The van der Waals surface area contributed by atoms with Gasteiger partial charge in [0.05, 0.1) is 0 Å². The van der Waals surface area contributed by atoms with Crippen molar-refractivity contribution in [1.82, 2.24) is 9.53 Å². The highest BCUT2D eigenvalue weighted by molar-refractivity contribution is 6.72. The maximum Gasteiger partial charge on any atom is 0.431 e. The van der Waals surface area contributed by atoms with E-state index >= 15 is 0 Å². The van der Waals surface area contributed by atoms with E-state index in [0.717, 1.165) is 11.1 Å². The molecule has 0 aliphatic carbocycles. The predicted molar refractivity (Wildman–Crippen MR) is 132 cm³/mol. The Morgan fingerprint density at radius 1 is 1.09 bits per heavy atom. The molecule has 0 fully saturated rings. The lowest BCUT2D eigenvalue weighted by Gasteiger charge is -2.36. The largest absolute Gasteiger partial charge is 0.489 e. The van der Waals surface area contributed by atoms with Gasteiger partial charge in [-0.25, -0.2) is 0 Å². The molecule has 0 radical (unpaired) electrons. The highest BCUT2D eigenvalue weighted by Crippen LogP contribution is 2.17. The molecule has 0 aliphatic heterocycles. The Balaban J connectivity index is 2.17. The van der Waals surface area contributed by atoms with E-state index in [0.29, 0.717) is 24.2 Å². The minimum absolute atomic E-state index is 0.0465. The summed E-state index contributed by atoms with van der Waals surface area (Å²) in [7, 11) is -3.33. The lowest BCUT2D eigenvalue weighted by molar-refractivity contribution is 0.306. The van der Waals surface area contributed by atoms with Gasteiger partial charge in [-0.15, -0.1) is 0 Å². The number of anilines is 1. The average Bonchev–Trinajstić information content (AvgIpc) is 2.71. The van der Waals surface area contributed by atoms with Gasteiger partial charge in [-0.1, -0.05) is 24.3 Å². The topological polar surface area (TPSA) is 132 Å². The molecule has 2 rings (SSSR count). The van der Waals surface area contributed by atoms with E-state index in [-0.39, 0.29) is 19.9 Å². The van der Waals surface area contributed by atoms with Gasteiger partial charge in [0.15, 0.2) is 5.96 Å². The van der Waals surface area contributed by atoms with E-state index in [9.17, 15) is 19.9 Å². The highest BCUT2D eigenvalue weighted by Gasteiger charge is 2.31. The van der Waals surface area contributed by atoms with Crippen molar-refractivity contribution in [3.8, 4) is 5.75 Å². The van der Waals surface area contributed by atoms with Crippen molar-refractivity contribution in [3.05, 3.63) is 59.7 Å². The van der Waals surface area contributed by atoms with E-state index < -0.39 is 21.2 Å². The third-order valence-corrected chi connectivity index (χ3v) is 4.57. The van der Waals surface area contributed by atoms with E-state index in [4.69, 9.17) is 10.5 Å². The standard InChI is InChI=1S/C19H28B4N4O5/c1-21(29)25-19(27(22(2)30)23(3)31)26(20-14-28)12-15-7-9-18(10-8-15)32-13-16-5-4-6-17(24)11-16/h4-11,14,20,29-31H,12-13,24H2,1-3H3/b25-19-. The van der Waals surface area contributed by atoms with Crippen LogP contribution in [0.1, 0.15) is 11.1 Å². The molecule has 9 nitrogen and oxygen atoms in total. The van der Waals surface area contributed by atoms with Gasteiger partial charge in [0.25, 0.3) is 0 Å². The van der Waals surface area contributed by atoms with Gasteiger partial charge in [-0.2, -0.15) is 0 Å². The van der Waals surface area contributed by atoms with Crippen LogP contribution in [0.5, 0.6) is 5.75 Å². The number of hydrogen-bond acceptors (Lipinski definition) is 7. The molecule has 5 N–H and O–H groups in total. The molecule has 0 aromatic heterocycles. The second-order valence-corrected chi connectivity index (χ2v) is 7.46. The molecular formula is C19H28B4N4O5. The number of guanidine groups is 1. The number of rotatable bonds is 10. The molecular weight excluding hydrogens is 407 g/mol. The Kier molecular flexibility index (Phi) is 9.70. The van der Waals surface area contributed by atoms with Gasteiger partial charge >= 0.3 is 28.6 Å². The Bertz CT molecular complexity index is 892. The Morgan fingerprint density at radius 3 is 2.28 bits per heavy atom. The van der Waals surface area contributed by atoms with Gasteiger partial charge in [-0.05, 0) is 55.9 Å². The Labute approximate surface area is 190 Å². The maximum atomic E-state index is 11.3. The molecule has 166 valence electrons. The number of nitrogens with two attached hydrogens (primary N) is 1. The number of carbonyl (C=O) groups excluding carboxylic acids is 1. The lowest BCUT2D eigenvalue weighted by atomic mass is 9.69.